The van der Waals surface area contributed by atoms with Crippen LogP contribution in [0, 0.1) is 5.82 Å². The molecule has 2 N–H and O–H groups in total. The van der Waals surface area contributed by atoms with Crippen molar-refractivity contribution in [2.75, 3.05) is 14.2 Å². The second-order valence-electron chi connectivity index (χ2n) is 4.84. The summed E-state index contributed by atoms with van der Waals surface area (Å²) in [6.45, 7) is 4.19. The Morgan fingerprint density at radius 3 is 2.41 bits per heavy atom. The van der Waals surface area contributed by atoms with Crippen molar-refractivity contribution in [3.8, 4) is 5.75 Å². The smallest absolute Gasteiger partial charge is 0.127 e. The normalized spacial score (nSPS) is 11.6. The van der Waals surface area contributed by atoms with E-state index in [1.807, 2.05) is 13.8 Å². The number of nitrogens with two attached hydrogens (primary N) is 1. The van der Waals surface area contributed by atoms with Gasteiger partial charge in [0.2, 0.25) is 0 Å². The molecule has 1 aromatic carbocycles. The summed E-state index contributed by atoms with van der Waals surface area (Å²) in [5.41, 5.74) is 7.31. The molecule has 17 heavy (non-hydrogen) atoms. The Morgan fingerprint density at radius 2 is 1.94 bits per heavy atom. The van der Waals surface area contributed by atoms with Crippen molar-refractivity contribution in [1.82, 2.24) is 0 Å². The van der Waals surface area contributed by atoms with E-state index in [2.05, 4.69) is 0 Å². The largest absolute Gasteiger partial charge is 0.496 e. The minimum atomic E-state index is -0.381. The molecular weight excluding hydrogens is 221 g/mol. The first-order valence-electron chi connectivity index (χ1n) is 5.50. The van der Waals surface area contributed by atoms with Gasteiger partial charge in [0.25, 0.3) is 0 Å². The number of hydrogen-bond acceptors (Lipinski definition) is 3. The summed E-state index contributed by atoms with van der Waals surface area (Å²) >= 11 is 0. The van der Waals surface area contributed by atoms with Gasteiger partial charge in [-0.05, 0) is 31.9 Å². The van der Waals surface area contributed by atoms with Crippen molar-refractivity contribution in [3.63, 3.8) is 0 Å². The van der Waals surface area contributed by atoms with Crippen LogP contribution >= 0.6 is 0 Å². The first kappa shape index (κ1) is 13.9. The second-order valence-corrected chi connectivity index (χ2v) is 4.84. The van der Waals surface area contributed by atoms with Crippen LogP contribution in [0.5, 0.6) is 5.75 Å². The molecule has 1 aromatic rings. The second kappa shape index (κ2) is 5.47. The average Bonchev–Trinajstić information content (AvgIpc) is 2.20. The van der Waals surface area contributed by atoms with Gasteiger partial charge in [0.1, 0.15) is 11.6 Å². The van der Waals surface area contributed by atoms with Crippen LogP contribution in [0.15, 0.2) is 12.1 Å². The van der Waals surface area contributed by atoms with E-state index in [0.29, 0.717) is 18.8 Å². The van der Waals surface area contributed by atoms with Crippen LogP contribution in [-0.2, 0) is 17.8 Å². The van der Waals surface area contributed by atoms with Crippen LogP contribution in [0.4, 0.5) is 4.39 Å². The predicted molar refractivity (Wildman–Crippen MR) is 65.6 cm³/mol. The zero-order valence-corrected chi connectivity index (χ0v) is 10.8. The first-order chi connectivity index (χ1) is 7.87. The van der Waals surface area contributed by atoms with Crippen LogP contribution in [-0.4, -0.2) is 19.8 Å². The number of benzene rings is 1. The average molecular weight is 241 g/mol. The van der Waals surface area contributed by atoms with Gasteiger partial charge in [0.15, 0.2) is 0 Å². The van der Waals surface area contributed by atoms with E-state index in [1.54, 1.807) is 7.11 Å². The third-order valence-corrected chi connectivity index (χ3v) is 2.42. The minimum absolute atomic E-state index is 0.326. The molecule has 3 nitrogen and oxygen atoms in total. The Balaban J connectivity index is 3.21. The first-order valence-corrected chi connectivity index (χ1v) is 5.50. The van der Waals surface area contributed by atoms with Crippen LogP contribution in [0.25, 0.3) is 0 Å². The summed E-state index contributed by atoms with van der Waals surface area (Å²) in [6, 6.07) is 2.84. The molecule has 0 aromatic heterocycles. The lowest BCUT2D eigenvalue weighted by Crippen LogP contribution is -2.35. The zero-order valence-electron chi connectivity index (χ0n) is 10.8. The van der Waals surface area contributed by atoms with E-state index < -0.39 is 0 Å². The highest BCUT2D eigenvalue weighted by Crippen LogP contribution is 2.28. The van der Waals surface area contributed by atoms with Gasteiger partial charge in [-0.1, -0.05) is 0 Å². The molecule has 0 aliphatic heterocycles. The summed E-state index contributed by atoms with van der Waals surface area (Å²) in [4.78, 5) is 0. The Kier molecular flexibility index (Phi) is 4.48. The number of rotatable bonds is 5. The van der Waals surface area contributed by atoms with E-state index in [0.717, 1.165) is 11.1 Å². The Hall–Kier alpha value is -1.13. The molecule has 0 radical (unpaired) electrons. The molecule has 4 heteroatoms. The van der Waals surface area contributed by atoms with Gasteiger partial charge in [0, 0.05) is 24.3 Å². The van der Waals surface area contributed by atoms with Crippen LogP contribution in [0.1, 0.15) is 25.0 Å². The van der Waals surface area contributed by atoms with Gasteiger partial charge >= 0.3 is 0 Å². The van der Waals surface area contributed by atoms with Crippen molar-refractivity contribution >= 4 is 0 Å². The van der Waals surface area contributed by atoms with E-state index in [1.165, 1.54) is 19.2 Å². The highest BCUT2D eigenvalue weighted by molar-refractivity contribution is 5.41. The molecule has 0 fully saturated rings. The molecule has 0 aliphatic carbocycles. The molecular formula is C13H20FNO2. The third kappa shape index (κ3) is 3.98. The molecule has 0 aliphatic rings. The quantitative estimate of drug-likeness (QED) is 0.860. The molecule has 0 bridgehead atoms. The van der Waals surface area contributed by atoms with Gasteiger partial charge in [-0.3, -0.25) is 0 Å². The van der Waals surface area contributed by atoms with Crippen molar-refractivity contribution in [1.29, 1.82) is 0 Å². The maximum atomic E-state index is 13.4. The summed E-state index contributed by atoms with van der Waals surface area (Å²) in [5.74, 6) is 0.197. The molecule has 0 amide bonds. The minimum Gasteiger partial charge on any atom is -0.496 e. The van der Waals surface area contributed by atoms with Crippen molar-refractivity contribution in [3.05, 3.63) is 29.1 Å². The summed E-state index contributed by atoms with van der Waals surface area (Å²) in [6.07, 6.45) is 0.606. The molecule has 0 spiro atoms. The Morgan fingerprint density at radius 1 is 1.29 bits per heavy atom. The van der Waals surface area contributed by atoms with Gasteiger partial charge in [-0.25, -0.2) is 4.39 Å². The lowest BCUT2D eigenvalue weighted by molar-refractivity contribution is 0.183. The maximum Gasteiger partial charge on any atom is 0.127 e. The Bertz CT molecular complexity index is 386. The van der Waals surface area contributed by atoms with E-state index in [4.69, 9.17) is 15.2 Å². The highest BCUT2D eigenvalue weighted by atomic mass is 19.1. The topological polar surface area (TPSA) is 44.5 Å². The van der Waals surface area contributed by atoms with E-state index >= 15 is 0 Å². The fraction of sp³-hybridized carbons (Fsp3) is 0.538. The van der Waals surface area contributed by atoms with Crippen LogP contribution < -0.4 is 10.5 Å². The molecule has 0 heterocycles. The molecule has 1 rings (SSSR count). The number of methoxy groups -OCH3 is 2. The zero-order chi connectivity index (χ0) is 13.1. The standard InChI is InChI=1S/C13H20FNO2/c1-13(2,15)7-11-9(8-16-3)5-10(14)6-12(11)17-4/h5-6H,7-8,15H2,1-4H3. The molecule has 0 unspecified atom stereocenters. The van der Waals surface area contributed by atoms with E-state index in [9.17, 15) is 4.39 Å². The van der Waals surface area contributed by atoms with Crippen molar-refractivity contribution in [2.45, 2.75) is 32.4 Å². The van der Waals surface area contributed by atoms with Crippen molar-refractivity contribution in [2.24, 2.45) is 5.73 Å². The third-order valence-electron chi connectivity index (χ3n) is 2.42. The fourth-order valence-corrected chi connectivity index (χ4v) is 1.79. The number of ether oxygens (including phenoxy) is 2. The van der Waals surface area contributed by atoms with Crippen LogP contribution in [0.2, 0.25) is 0 Å². The molecule has 0 saturated heterocycles. The predicted octanol–water partition coefficient (Wildman–Crippen LogP) is 2.26. The van der Waals surface area contributed by atoms with Crippen LogP contribution in [0.3, 0.4) is 0 Å². The highest BCUT2D eigenvalue weighted by Gasteiger charge is 2.19. The van der Waals surface area contributed by atoms with Gasteiger partial charge in [-0.2, -0.15) is 0 Å². The van der Waals surface area contributed by atoms with E-state index in [-0.39, 0.29) is 11.4 Å². The lowest BCUT2D eigenvalue weighted by Gasteiger charge is -2.22. The number of hydrogen-bond donors (Lipinski definition) is 1. The van der Waals surface area contributed by atoms with Gasteiger partial charge < -0.3 is 15.2 Å². The maximum absolute atomic E-state index is 13.4. The summed E-state index contributed by atoms with van der Waals surface area (Å²) in [7, 11) is 3.10. The van der Waals surface area contributed by atoms with Crippen molar-refractivity contribution < 1.29 is 13.9 Å². The monoisotopic (exact) mass is 241 g/mol. The van der Waals surface area contributed by atoms with Gasteiger partial charge in [-0.15, -0.1) is 0 Å². The fourth-order valence-electron chi connectivity index (χ4n) is 1.79. The molecule has 96 valence electrons. The lowest BCUT2D eigenvalue weighted by atomic mass is 9.92. The van der Waals surface area contributed by atoms with Gasteiger partial charge in [0.05, 0.1) is 13.7 Å². The Labute approximate surface area is 102 Å². The number of halogens is 1. The molecule has 0 atom stereocenters. The molecule has 0 saturated carbocycles. The summed E-state index contributed by atoms with van der Waals surface area (Å²) < 4.78 is 23.7. The SMILES string of the molecule is COCc1cc(F)cc(OC)c1CC(C)(C)N. The summed E-state index contributed by atoms with van der Waals surface area (Å²) in [5, 5.41) is 0.